The second-order valence-corrected chi connectivity index (χ2v) is 9.31. The van der Waals surface area contributed by atoms with Crippen molar-refractivity contribution in [2.24, 2.45) is 13.0 Å². The molecule has 32 heavy (non-hydrogen) atoms. The monoisotopic (exact) mass is 441 g/mol. The minimum Gasteiger partial charge on any atom is -0.477 e. The molecule has 0 aliphatic rings. The Bertz CT molecular complexity index is 852. The zero-order valence-corrected chi connectivity index (χ0v) is 20.5. The third kappa shape index (κ3) is 7.50. The molecule has 1 aromatic carbocycles. The van der Waals surface area contributed by atoms with Crippen molar-refractivity contribution in [3.8, 4) is 0 Å². The minimum absolute atomic E-state index is 0.0483. The normalized spacial score (nSPS) is 12.3. The Labute approximate surface area is 194 Å². The molecular weight excluding hydrogens is 398 g/mol. The summed E-state index contributed by atoms with van der Waals surface area (Å²) in [5.41, 5.74) is 1.28. The van der Waals surface area contributed by atoms with Gasteiger partial charge in [0.15, 0.2) is 5.78 Å². The van der Waals surface area contributed by atoms with Gasteiger partial charge in [0.25, 0.3) is 0 Å². The number of fused-ring (bicyclic) bond motifs is 1. The molecule has 0 radical (unpaired) electrons. The van der Waals surface area contributed by atoms with Gasteiger partial charge in [-0.2, -0.15) is 0 Å². The highest BCUT2D eigenvalue weighted by Gasteiger charge is 2.24. The second kappa shape index (κ2) is 14.1. The number of benzene rings is 1. The lowest BCUT2D eigenvalue weighted by Gasteiger charge is -2.14. The lowest BCUT2D eigenvalue weighted by atomic mass is 9.92. The highest BCUT2D eigenvalue weighted by atomic mass is 16.4. The van der Waals surface area contributed by atoms with Crippen LogP contribution in [-0.2, 0) is 7.05 Å². The van der Waals surface area contributed by atoms with Crippen LogP contribution in [0.5, 0.6) is 0 Å². The van der Waals surface area contributed by atoms with E-state index in [1.807, 2.05) is 24.3 Å². The van der Waals surface area contributed by atoms with E-state index in [0.29, 0.717) is 12.0 Å². The molecule has 1 aromatic heterocycles. The van der Waals surface area contributed by atoms with E-state index < -0.39 is 5.97 Å². The number of carbonyl (C=O) groups is 2. The van der Waals surface area contributed by atoms with Crippen LogP contribution in [0.2, 0.25) is 0 Å². The molecule has 0 saturated heterocycles. The molecule has 178 valence electrons. The zero-order chi connectivity index (χ0) is 23.3. The number of hydrogen-bond acceptors (Lipinski definition) is 2. The number of hydrogen-bond donors (Lipinski definition) is 1. The average molecular weight is 442 g/mol. The van der Waals surface area contributed by atoms with E-state index in [2.05, 4.69) is 13.8 Å². The smallest absolute Gasteiger partial charge is 0.353 e. The first-order chi connectivity index (χ1) is 15.5. The average Bonchev–Trinajstić information content (AvgIpc) is 3.09. The maximum atomic E-state index is 12.9. The number of aryl methyl sites for hydroxylation is 1. The van der Waals surface area contributed by atoms with Crippen molar-refractivity contribution >= 4 is 22.7 Å². The van der Waals surface area contributed by atoms with Crippen LogP contribution in [0.25, 0.3) is 10.9 Å². The summed E-state index contributed by atoms with van der Waals surface area (Å²) < 4.78 is 1.62. The molecule has 2 rings (SSSR count). The van der Waals surface area contributed by atoms with Gasteiger partial charge in [-0.1, -0.05) is 109 Å². The highest BCUT2D eigenvalue weighted by molar-refractivity contribution is 6.15. The first kappa shape index (κ1) is 26.2. The van der Waals surface area contributed by atoms with Crippen LogP contribution in [-0.4, -0.2) is 21.4 Å². The minimum atomic E-state index is -1.04. The summed E-state index contributed by atoms with van der Waals surface area (Å²) >= 11 is 0. The molecule has 1 unspecified atom stereocenters. The fourth-order valence-electron chi connectivity index (χ4n) is 4.89. The van der Waals surface area contributed by atoms with E-state index >= 15 is 0 Å². The van der Waals surface area contributed by atoms with E-state index in [4.69, 9.17) is 0 Å². The maximum Gasteiger partial charge on any atom is 0.353 e. The molecule has 0 amide bonds. The van der Waals surface area contributed by atoms with Crippen LogP contribution in [0.3, 0.4) is 0 Å². The Morgan fingerprint density at radius 3 is 2.09 bits per heavy atom. The van der Waals surface area contributed by atoms with Crippen molar-refractivity contribution in [2.45, 2.75) is 104 Å². The van der Waals surface area contributed by atoms with Crippen LogP contribution in [0, 0.1) is 5.92 Å². The molecule has 2 aromatic rings. The Kier molecular flexibility index (Phi) is 11.5. The molecule has 4 heteroatoms. The quantitative estimate of drug-likeness (QED) is 0.199. The van der Waals surface area contributed by atoms with Gasteiger partial charge >= 0.3 is 5.97 Å². The number of nitrogens with zero attached hydrogens (tertiary/aromatic N) is 1. The van der Waals surface area contributed by atoms with Gasteiger partial charge in [0, 0.05) is 24.4 Å². The lowest BCUT2D eigenvalue weighted by molar-refractivity contribution is 0.0682. The fourth-order valence-corrected chi connectivity index (χ4v) is 4.89. The summed E-state index contributed by atoms with van der Waals surface area (Å²) in [4.78, 5) is 24.7. The van der Waals surface area contributed by atoms with Crippen LogP contribution in [0.1, 0.15) is 125 Å². The van der Waals surface area contributed by atoms with Crippen molar-refractivity contribution in [3.63, 3.8) is 0 Å². The molecule has 0 saturated carbocycles. The SMILES string of the molecule is CCCCCC(CC)CCCCCCCCCC(=O)c1c(C(=O)O)n(C)c2ccccc12. The third-order valence-electron chi connectivity index (χ3n) is 6.90. The molecule has 0 bridgehead atoms. The molecule has 0 aliphatic heterocycles. The summed E-state index contributed by atoms with van der Waals surface area (Å²) in [6.45, 7) is 4.60. The number of carboxylic acids is 1. The van der Waals surface area contributed by atoms with Gasteiger partial charge in [0.05, 0.1) is 5.56 Å². The van der Waals surface area contributed by atoms with Gasteiger partial charge in [-0.25, -0.2) is 4.79 Å². The summed E-state index contributed by atoms with van der Waals surface area (Å²) in [5, 5.41) is 10.4. The van der Waals surface area contributed by atoms with E-state index in [0.717, 1.165) is 36.1 Å². The van der Waals surface area contributed by atoms with Crippen LogP contribution in [0.15, 0.2) is 24.3 Å². The lowest BCUT2D eigenvalue weighted by Crippen LogP contribution is -2.11. The summed E-state index contributed by atoms with van der Waals surface area (Å²) in [6, 6.07) is 7.45. The Balaban J connectivity index is 1.67. The largest absolute Gasteiger partial charge is 0.477 e. The number of ketones is 1. The zero-order valence-electron chi connectivity index (χ0n) is 20.5. The van der Waals surface area contributed by atoms with E-state index in [1.165, 1.54) is 64.2 Å². The van der Waals surface area contributed by atoms with Crippen molar-refractivity contribution in [3.05, 3.63) is 35.5 Å². The van der Waals surface area contributed by atoms with Crippen LogP contribution in [0.4, 0.5) is 0 Å². The topological polar surface area (TPSA) is 59.3 Å². The molecule has 1 atom stereocenters. The number of unbranched alkanes of at least 4 members (excludes halogenated alkanes) is 8. The molecule has 1 N–H and O–H groups in total. The van der Waals surface area contributed by atoms with Crippen molar-refractivity contribution in [2.75, 3.05) is 0 Å². The predicted octanol–water partition coefficient (Wildman–Crippen LogP) is 8.18. The molecule has 0 aliphatic carbocycles. The first-order valence-corrected chi connectivity index (χ1v) is 12.8. The fraction of sp³-hybridized carbons (Fsp3) is 0.643. The molecular formula is C28H43NO3. The standard InChI is InChI=1S/C28H43NO3/c1-4-6-12-17-22(5-2)18-13-10-8-7-9-11-14-21-25(30)26-23-19-15-16-20-24(23)29(3)27(26)28(31)32/h15-16,19-20,22H,4-14,17-18,21H2,1-3H3,(H,31,32). The number of para-hydroxylation sites is 1. The summed E-state index contributed by atoms with van der Waals surface area (Å²) in [5.74, 6) is -0.173. The number of aromatic carboxylic acids is 1. The summed E-state index contributed by atoms with van der Waals surface area (Å²) in [6.07, 6.45) is 16.8. The van der Waals surface area contributed by atoms with E-state index in [9.17, 15) is 14.7 Å². The number of rotatable bonds is 17. The van der Waals surface area contributed by atoms with Gasteiger partial charge in [0.1, 0.15) is 5.69 Å². The van der Waals surface area contributed by atoms with Gasteiger partial charge in [-0.15, -0.1) is 0 Å². The predicted molar refractivity (Wildman–Crippen MR) is 134 cm³/mol. The van der Waals surface area contributed by atoms with Gasteiger partial charge in [-0.3, -0.25) is 4.79 Å². The second-order valence-electron chi connectivity index (χ2n) is 9.31. The van der Waals surface area contributed by atoms with Gasteiger partial charge in [-0.05, 0) is 18.4 Å². The molecule has 0 fully saturated rings. The number of carbonyl (C=O) groups excluding carboxylic acids is 1. The summed E-state index contributed by atoms with van der Waals surface area (Å²) in [7, 11) is 1.72. The Morgan fingerprint density at radius 1 is 0.875 bits per heavy atom. The van der Waals surface area contributed by atoms with E-state index in [-0.39, 0.29) is 11.5 Å². The maximum absolute atomic E-state index is 12.9. The molecule has 4 nitrogen and oxygen atoms in total. The number of carboxylic acid groups (broad SMARTS) is 1. The van der Waals surface area contributed by atoms with Gasteiger partial charge < -0.3 is 9.67 Å². The van der Waals surface area contributed by atoms with Crippen molar-refractivity contribution in [1.82, 2.24) is 4.57 Å². The number of aromatic nitrogens is 1. The first-order valence-electron chi connectivity index (χ1n) is 12.8. The van der Waals surface area contributed by atoms with Crippen LogP contribution >= 0.6 is 0 Å². The highest BCUT2D eigenvalue weighted by Crippen LogP contribution is 2.27. The van der Waals surface area contributed by atoms with Crippen molar-refractivity contribution < 1.29 is 14.7 Å². The molecule has 0 spiro atoms. The van der Waals surface area contributed by atoms with E-state index in [1.54, 1.807) is 11.6 Å². The number of Topliss-reactive ketones (excluding diaryl/α,β-unsaturated/α-hetero) is 1. The Hall–Kier alpha value is -2.10. The van der Waals surface area contributed by atoms with Crippen LogP contribution < -0.4 is 0 Å². The molecule has 1 heterocycles. The third-order valence-corrected chi connectivity index (χ3v) is 6.90. The van der Waals surface area contributed by atoms with Gasteiger partial charge in [0.2, 0.25) is 0 Å². The Morgan fingerprint density at radius 2 is 1.47 bits per heavy atom. The van der Waals surface area contributed by atoms with Crippen molar-refractivity contribution in [1.29, 1.82) is 0 Å².